The van der Waals surface area contributed by atoms with Crippen LogP contribution in [0, 0.1) is 16.0 Å². The van der Waals surface area contributed by atoms with Crippen LogP contribution < -0.4 is 21.2 Å². The summed E-state index contributed by atoms with van der Waals surface area (Å²) >= 11 is 0. The third kappa shape index (κ3) is 4.64. The molecule has 12 heteroatoms. The van der Waals surface area contributed by atoms with Gasteiger partial charge in [0.05, 0.1) is 22.2 Å². The highest BCUT2D eigenvalue weighted by Gasteiger charge is 2.28. The van der Waals surface area contributed by atoms with Crippen molar-refractivity contribution >= 4 is 26.7 Å². The number of non-ortho nitro benzene ring substituents is 1. The highest BCUT2D eigenvalue weighted by molar-refractivity contribution is 7.88. The van der Waals surface area contributed by atoms with Crippen molar-refractivity contribution in [2.75, 3.05) is 19.3 Å². The van der Waals surface area contributed by atoms with E-state index in [-0.39, 0.29) is 29.1 Å². The Morgan fingerprint density at radius 2 is 1.86 bits per heavy atom. The summed E-state index contributed by atoms with van der Waals surface area (Å²) in [6.45, 7) is 1.49. The standard InChI is InChI=1S/C16H21N5O6S/c1-28(26,27)20-12(9-2-4-17-5-3-9)7-10-6-11(21(24)25)8-13-14(10)19-16(23)15(22)18-13/h6,8-9,12,17,20H,2-5,7H2,1H3,(H,18,22)(H,19,23). The van der Waals surface area contributed by atoms with Gasteiger partial charge in [0, 0.05) is 18.2 Å². The van der Waals surface area contributed by atoms with Crippen LogP contribution in [0.25, 0.3) is 11.0 Å². The molecular formula is C16H21N5O6S. The molecule has 0 amide bonds. The van der Waals surface area contributed by atoms with Crippen LogP contribution in [-0.2, 0) is 16.4 Å². The topological polar surface area (TPSA) is 167 Å². The number of aromatic nitrogens is 2. The van der Waals surface area contributed by atoms with Crippen molar-refractivity contribution in [2.24, 2.45) is 5.92 Å². The van der Waals surface area contributed by atoms with Crippen molar-refractivity contribution in [3.63, 3.8) is 0 Å². The third-order valence-electron chi connectivity index (χ3n) is 4.87. The number of nitro benzene ring substituents is 1. The summed E-state index contributed by atoms with van der Waals surface area (Å²) in [4.78, 5) is 38.9. The molecule has 1 aliphatic rings. The van der Waals surface area contributed by atoms with Gasteiger partial charge in [-0.05, 0) is 43.8 Å². The first kappa shape index (κ1) is 20.2. The zero-order chi connectivity index (χ0) is 20.5. The molecule has 2 aromatic rings. The van der Waals surface area contributed by atoms with E-state index in [0.29, 0.717) is 5.56 Å². The van der Waals surface area contributed by atoms with Gasteiger partial charge in [-0.3, -0.25) is 19.7 Å². The van der Waals surface area contributed by atoms with Crippen molar-refractivity contribution in [1.29, 1.82) is 0 Å². The zero-order valence-corrected chi connectivity index (χ0v) is 16.0. The lowest BCUT2D eigenvalue weighted by atomic mass is 9.87. The van der Waals surface area contributed by atoms with Gasteiger partial charge in [-0.2, -0.15) is 0 Å². The fourth-order valence-corrected chi connectivity index (χ4v) is 4.44. The molecule has 1 unspecified atom stereocenters. The van der Waals surface area contributed by atoms with Gasteiger partial charge in [-0.25, -0.2) is 13.1 Å². The summed E-state index contributed by atoms with van der Waals surface area (Å²) in [5.41, 5.74) is -1.28. The second-order valence-corrected chi connectivity index (χ2v) is 8.76. The van der Waals surface area contributed by atoms with E-state index < -0.39 is 32.1 Å². The molecule has 3 rings (SSSR count). The molecule has 1 atom stereocenters. The Bertz CT molecular complexity index is 1120. The Morgan fingerprint density at radius 3 is 2.46 bits per heavy atom. The van der Waals surface area contributed by atoms with Gasteiger partial charge < -0.3 is 15.3 Å². The summed E-state index contributed by atoms with van der Waals surface area (Å²) in [7, 11) is -3.52. The predicted octanol–water partition coefficient (Wildman–Crippen LogP) is -0.415. The molecule has 0 radical (unpaired) electrons. The van der Waals surface area contributed by atoms with E-state index in [9.17, 15) is 28.1 Å². The van der Waals surface area contributed by atoms with Crippen molar-refractivity contribution in [3.8, 4) is 0 Å². The Kier molecular flexibility index (Phi) is 5.63. The molecule has 28 heavy (non-hydrogen) atoms. The summed E-state index contributed by atoms with van der Waals surface area (Å²) in [5, 5.41) is 14.5. The number of rotatable bonds is 6. The van der Waals surface area contributed by atoms with Gasteiger partial charge in [0.15, 0.2) is 0 Å². The summed E-state index contributed by atoms with van der Waals surface area (Å²) in [5.74, 6) is 0.0276. The molecule has 0 saturated carbocycles. The lowest BCUT2D eigenvalue weighted by Crippen LogP contribution is -2.45. The molecular weight excluding hydrogens is 390 g/mol. The molecule has 1 saturated heterocycles. The van der Waals surface area contributed by atoms with Gasteiger partial charge >= 0.3 is 11.1 Å². The van der Waals surface area contributed by atoms with Gasteiger partial charge in [-0.1, -0.05) is 0 Å². The van der Waals surface area contributed by atoms with Crippen LogP contribution in [-0.4, -0.2) is 48.7 Å². The number of nitrogens with zero attached hydrogens (tertiary/aromatic N) is 1. The quantitative estimate of drug-likeness (QED) is 0.284. The minimum absolute atomic E-state index is 0.0276. The van der Waals surface area contributed by atoms with Crippen LogP contribution in [0.3, 0.4) is 0 Å². The predicted molar refractivity (Wildman–Crippen MR) is 103 cm³/mol. The van der Waals surface area contributed by atoms with Gasteiger partial charge in [0.1, 0.15) is 0 Å². The first-order valence-electron chi connectivity index (χ1n) is 8.75. The van der Waals surface area contributed by atoms with E-state index in [4.69, 9.17) is 0 Å². The number of piperidine rings is 1. The minimum atomic E-state index is -3.52. The van der Waals surface area contributed by atoms with Crippen LogP contribution in [0.15, 0.2) is 21.7 Å². The van der Waals surface area contributed by atoms with Crippen LogP contribution >= 0.6 is 0 Å². The second kappa shape index (κ2) is 7.81. The van der Waals surface area contributed by atoms with E-state index >= 15 is 0 Å². The number of fused-ring (bicyclic) bond motifs is 1. The summed E-state index contributed by atoms with van der Waals surface area (Å²) in [6, 6.07) is 1.96. The molecule has 0 spiro atoms. The van der Waals surface area contributed by atoms with Crippen molar-refractivity contribution in [2.45, 2.75) is 25.3 Å². The number of hydrogen-bond acceptors (Lipinski definition) is 7. The zero-order valence-electron chi connectivity index (χ0n) is 15.1. The van der Waals surface area contributed by atoms with Gasteiger partial charge in [0.2, 0.25) is 10.0 Å². The Hall–Kier alpha value is -2.57. The van der Waals surface area contributed by atoms with Crippen molar-refractivity contribution in [1.82, 2.24) is 20.0 Å². The average Bonchev–Trinajstić information content (AvgIpc) is 2.62. The molecule has 2 heterocycles. The largest absolute Gasteiger partial charge is 0.317 e. The molecule has 1 aromatic heterocycles. The second-order valence-electron chi connectivity index (χ2n) is 6.98. The SMILES string of the molecule is CS(=O)(=O)NC(Cc1cc([N+](=O)[O-])cc2[nH]c(=O)c(=O)[nH]c12)C1CCNCC1. The van der Waals surface area contributed by atoms with Crippen LogP contribution in [0.5, 0.6) is 0 Å². The smallest absolute Gasteiger partial charge is 0.314 e. The number of aromatic amines is 2. The number of H-pyrrole nitrogens is 2. The number of nitro groups is 1. The molecule has 1 aromatic carbocycles. The third-order valence-corrected chi connectivity index (χ3v) is 5.60. The van der Waals surface area contributed by atoms with E-state index in [1.165, 1.54) is 12.1 Å². The Morgan fingerprint density at radius 1 is 1.21 bits per heavy atom. The number of nitrogens with one attached hydrogen (secondary N) is 4. The minimum Gasteiger partial charge on any atom is -0.317 e. The molecule has 0 aliphatic carbocycles. The maximum atomic E-state index is 11.9. The summed E-state index contributed by atoms with van der Waals surface area (Å²) < 4.78 is 26.4. The molecule has 1 fully saturated rings. The Labute approximate surface area is 159 Å². The van der Waals surface area contributed by atoms with Crippen LogP contribution in [0.2, 0.25) is 0 Å². The lowest BCUT2D eigenvalue weighted by molar-refractivity contribution is -0.384. The van der Waals surface area contributed by atoms with Gasteiger partial charge in [0.25, 0.3) is 5.69 Å². The van der Waals surface area contributed by atoms with Crippen molar-refractivity contribution in [3.05, 3.63) is 48.5 Å². The van der Waals surface area contributed by atoms with E-state index in [1.54, 1.807) is 0 Å². The normalized spacial score (nSPS) is 16.9. The molecule has 0 bridgehead atoms. The van der Waals surface area contributed by atoms with Crippen molar-refractivity contribution < 1.29 is 13.3 Å². The fraction of sp³-hybridized carbons (Fsp3) is 0.500. The first-order chi connectivity index (χ1) is 13.1. The van der Waals surface area contributed by atoms with Crippen LogP contribution in [0.4, 0.5) is 5.69 Å². The fourth-order valence-electron chi connectivity index (χ4n) is 3.61. The van der Waals surface area contributed by atoms with Crippen LogP contribution in [0.1, 0.15) is 18.4 Å². The average molecular weight is 411 g/mol. The van der Waals surface area contributed by atoms with Gasteiger partial charge in [-0.15, -0.1) is 0 Å². The maximum absolute atomic E-state index is 11.9. The molecule has 1 aliphatic heterocycles. The number of hydrogen-bond donors (Lipinski definition) is 4. The molecule has 152 valence electrons. The number of benzene rings is 1. The lowest BCUT2D eigenvalue weighted by Gasteiger charge is -2.31. The van der Waals surface area contributed by atoms with E-state index in [2.05, 4.69) is 20.0 Å². The molecule has 4 N–H and O–H groups in total. The van der Waals surface area contributed by atoms with E-state index in [1.807, 2.05) is 0 Å². The monoisotopic (exact) mass is 411 g/mol. The summed E-state index contributed by atoms with van der Waals surface area (Å²) in [6.07, 6.45) is 2.69. The first-order valence-corrected chi connectivity index (χ1v) is 10.6. The molecule has 11 nitrogen and oxygen atoms in total. The maximum Gasteiger partial charge on any atom is 0.314 e. The Balaban J connectivity index is 2.10. The van der Waals surface area contributed by atoms with E-state index in [0.717, 1.165) is 32.2 Å². The highest BCUT2D eigenvalue weighted by Crippen LogP contribution is 2.26. The highest BCUT2D eigenvalue weighted by atomic mass is 32.2. The number of sulfonamides is 1.